The maximum Gasteiger partial charge on any atom is 0.407 e. The number of primary amides is 1. The third kappa shape index (κ3) is 22.1. The van der Waals surface area contributed by atoms with Crippen LogP contribution in [-0.2, 0) is 80.3 Å². The van der Waals surface area contributed by atoms with Gasteiger partial charge in [0.1, 0.15) is 24.2 Å². The highest BCUT2D eigenvalue weighted by molar-refractivity contribution is 6.09. The maximum absolute atomic E-state index is 13.7. The molecular weight excluding hydrogens is 1210 g/mol. The van der Waals surface area contributed by atoms with E-state index in [2.05, 4.69) is 66.4 Å². The summed E-state index contributed by atoms with van der Waals surface area (Å²) < 4.78 is 29.9. The highest BCUT2D eigenvalue weighted by Crippen LogP contribution is 2.32. The monoisotopic (exact) mass is 1300 g/mol. The van der Waals surface area contributed by atoms with Gasteiger partial charge < -0.3 is 72.0 Å². The zero-order chi connectivity index (χ0) is 67.3. The molecule has 502 valence electrons. The van der Waals surface area contributed by atoms with Crippen LogP contribution in [0.1, 0.15) is 105 Å². The molecule has 2 atom stereocenters. The normalized spacial score (nSPS) is 12.3. The molecule has 3 heterocycles. The summed E-state index contributed by atoms with van der Waals surface area (Å²) in [6.07, 6.45) is 2.49. The minimum atomic E-state index is -1.06. The number of hydrogen-bond acceptors (Lipinski definition) is 15. The first kappa shape index (κ1) is 70.9. The van der Waals surface area contributed by atoms with Crippen molar-refractivity contribution in [3.63, 3.8) is 0 Å². The van der Waals surface area contributed by atoms with E-state index in [1.54, 1.807) is 43.0 Å². The second kappa shape index (κ2) is 37.1. The van der Waals surface area contributed by atoms with Crippen molar-refractivity contribution < 1.29 is 57.2 Å². The van der Waals surface area contributed by atoms with Gasteiger partial charge in [-0.25, -0.2) is 14.6 Å². The van der Waals surface area contributed by atoms with Crippen molar-refractivity contribution in [2.45, 2.75) is 110 Å². The van der Waals surface area contributed by atoms with Gasteiger partial charge in [0.15, 0.2) is 5.82 Å². The Labute approximate surface area is 553 Å². The molecule has 0 fully saturated rings. The molecule has 5 aromatic carbocycles. The fraction of sp³-hybridized carbons (Fsp3) is 0.394. The Morgan fingerprint density at radius 1 is 0.642 bits per heavy atom. The number of fused-ring (bicyclic) bond motifs is 5. The van der Waals surface area contributed by atoms with Crippen LogP contribution in [0.2, 0.25) is 0 Å². The Hall–Kier alpha value is -9.93. The first-order chi connectivity index (χ1) is 46.1. The Morgan fingerprint density at radius 2 is 1.29 bits per heavy atom. The van der Waals surface area contributed by atoms with E-state index in [-0.39, 0.29) is 96.1 Å². The quantitative estimate of drug-likeness (QED) is 0.0140. The van der Waals surface area contributed by atoms with Gasteiger partial charge in [-0.3, -0.25) is 28.7 Å². The van der Waals surface area contributed by atoms with Crippen molar-refractivity contribution in [2.75, 3.05) is 81.9 Å². The average molecular weight is 1300 g/mol. The molecule has 0 unspecified atom stereocenters. The number of aryl methyl sites for hydroxylation is 1. The molecular formula is C71H86N12O12. The van der Waals surface area contributed by atoms with Crippen LogP contribution >= 0.6 is 0 Å². The predicted octanol–water partition coefficient (Wildman–Crippen LogP) is 7.30. The minimum Gasteiger partial charge on any atom is -0.445 e. The molecule has 2 aromatic heterocycles. The molecule has 7 aromatic rings. The van der Waals surface area contributed by atoms with Gasteiger partial charge in [0.05, 0.1) is 76.3 Å². The molecule has 95 heavy (non-hydrogen) atoms. The SMILES string of the molecule is CCCCn1nc2c(N)nc3ccccc3c2c1Cc1ccc(CNC(=O)OCc2ccc(NC(=O)[C@H](CCCNC(N)=O)NC(=O)[C@@H](NC(=O)CCOCCOCCOCCOCCNC(=O)CCC(=O)N3Cc4ccccc4C#Cc4ccccc43)C(C)C)cc2)cc1. The number of pyridine rings is 1. The molecule has 0 radical (unpaired) electrons. The van der Waals surface area contributed by atoms with Gasteiger partial charge in [0, 0.05) is 79.4 Å². The molecule has 10 N–H and O–H groups in total. The van der Waals surface area contributed by atoms with Crippen LogP contribution < -0.4 is 48.3 Å². The van der Waals surface area contributed by atoms with E-state index in [4.69, 9.17) is 40.3 Å². The number of amides is 8. The highest BCUT2D eigenvalue weighted by Gasteiger charge is 2.29. The molecule has 0 aliphatic carbocycles. The van der Waals surface area contributed by atoms with Gasteiger partial charge in [0.2, 0.25) is 29.5 Å². The van der Waals surface area contributed by atoms with Gasteiger partial charge in [-0.1, -0.05) is 124 Å². The third-order valence-corrected chi connectivity index (χ3v) is 15.6. The van der Waals surface area contributed by atoms with Crippen LogP contribution in [0.15, 0.2) is 121 Å². The topological polar surface area (TPSA) is 324 Å². The lowest BCUT2D eigenvalue weighted by Gasteiger charge is -2.26. The number of rotatable bonds is 37. The number of ether oxygens (including phenoxy) is 5. The van der Waals surface area contributed by atoms with Gasteiger partial charge in [-0.2, -0.15) is 5.10 Å². The van der Waals surface area contributed by atoms with Gasteiger partial charge in [-0.05, 0) is 83.8 Å². The number of hydrogen-bond donors (Lipinski definition) is 8. The number of para-hydroxylation sites is 2. The zero-order valence-electron chi connectivity index (χ0n) is 54.2. The maximum atomic E-state index is 13.7. The molecule has 8 rings (SSSR count). The van der Waals surface area contributed by atoms with Crippen molar-refractivity contribution in [1.29, 1.82) is 0 Å². The number of alkyl carbamates (subject to hydrolysis) is 1. The Balaban J connectivity index is 0.671. The lowest BCUT2D eigenvalue weighted by molar-refractivity contribution is -0.132. The smallest absolute Gasteiger partial charge is 0.407 e. The van der Waals surface area contributed by atoms with Crippen LogP contribution in [0.25, 0.3) is 21.8 Å². The van der Waals surface area contributed by atoms with Gasteiger partial charge in [0.25, 0.3) is 0 Å². The molecule has 24 heteroatoms. The Morgan fingerprint density at radius 3 is 2.02 bits per heavy atom. The summed E-state index contributed by atoms with van der Waals surface area (Å²) in [7, 11) is 0. The van der Waals surface area contributed by atoms with Crippen LogP contribution in [0, 0.1) is 17.8 Å². The number of nitrogens with zero attached hydrogens (tertiary/aromatic N) is 4. The summed E-state index contributed by atoms with van der Waals surface area (Å²) in [6.45, 7) is 9.53. The Kier molecular flexibility index (Phi) is 27.7. The third-order valence-electron chi connectivity index (χ3n) is 15.6. The first-order valence-electron chi connectivity index (χ1n) is 32.3. The minimum absolute atomic E-state index is 0.0345. The fourth-order valence-electron chi connectivity index (χ4n) is 10.5. The van der Waals surface area contributed by atoms with E-state index < -0.39 is 41.9 Å². The molecule has 0 saturated heterocycles. The molecule has 0 spiro atoms. The van der Waals surface area contributed by atoms with Crippen LogP contribution in [0.4, 0.5) is 26.8 Å². The number of benzene rings is 5. The molecule has 24 nitrogen and oxygen atoms in total. The molecule has 8 amide bonds. The Bertz CT molecular complexity index is 3790. The summed E-state index contributed by atoms with van der Waals surface area (Å²) in [5.74, 6) is 4.50. The standard InChI is InChI=1S/C71H86N12O12/c1-4-5-35-83-60(64-56-16-9-10-17-57(56)78-67(72)66(64)81-83)44-49-20-22-50(23-21-49)45-76-71(90)95-47-51-24-28-55(29-25-51)77-68(87)58(18-12-33-75-70(73)89)79-69(88)65(48(2)3)80-62(85)32-36-91-38-40-93-42-43-94-41-39-92-37-34-74-61(84)30-31-63(86)82-46-54-15-7-6-13-52(54)26-27-53-14-8-11-19-59(53)82/h6-11,13-17,19-25,28-29,48,58,65H,4-5,12,18,30-47H2,1-3H3,(H2,72,78)(H,74,84)(H,76,90)(H,77,87)(H,79,88)(H,80,85)(H3,73,75,89)/t58-,65-/m0/s1. The molecule has 0 saturated carbocycles. The lowest BCUT2D eigenvalue weighted by atomic mass is 10.0. The predicted molar refractivity (Wildman–Crippen MR) is 361 cm³/mol. The molecule has 0 bridgehead atoms. The number of unbranched alkanes of at least 4 members (excludes halogenated alkanes) is 1. The molecule has 1 aliphatic heterocycles. The summed E-state index contributed by atoms with van der Waals surface area (Å²) >= 11 is 0. The van der Waals surface area contributed by atoms with Crippen molar-refractivity contribution in [3.05, 3.63) is 160 Å². The zero-order valence-corrected chi connectivity index (χ0v) is 54.2. The molecule has 1 aliphatic rings. The van der Waals surface area contributed by atoms with E-state index in [9.17, 15) is 33.6 Å². The number of nitrogen functional groups attached to an aromatic ring is 1. The van der Waals surface area contributed by atoms with Crippen LogP contribution in [0.3, 0.4) is 0 Å². The van der Waals surface area contributed by atoms with Gasteiger partial charge in [-0.15, -0.1) is 0 Å². The second-order valence-electron chi connectivity index (χ2n) is 23.1. The number of nitrogens with two attached hydrogens (primary N) is 2. The largest absolute Gasteiger partial charge is 0.445 e. The van der Waals surface area contributed by atoms with E-state index in [0.29, 0.717) is 68.4 Å². The highest BCUT2D eigenvalue weighted by atomic mass is 16.6. The van der Waals surface area contributed by atoms with E-state index in [1.165, 1.54) is 0 Å². The fourth-order valence-corrected chi connectivity index (χ4v) is 10.5. The number of anilines is 3. The van der Waals surface area contributed by atoms with Crippen molar-refractivity contribution >= 4 is 80.7 Å². The van der Waals surface area contributed by atoms with Crippen molar-refractivity contribution in [2.24, 2.45) is 11.7 Å². The van der Waals surface area contributed by atoms with Crippen LogP contribution in [-0.4, -0.2) is 134 Å². The van der Waals surface area contributed by atoms with E-state index in [1.807, 2.05) is 91.0 Å². The van der Waals surface area contributed by atoms with Gasteiger partial charge >= 0.3 is 12.1 Å². The summed E-state index contributed by atoms with van der Waals surface area (Å²) in [5, 5.41) is 23.4. The summed E-state index contributed by atoms with van der Waals surface area (Å²) in [6, 6.07) is 35.1. The van der Waals surface area contributed by atoms with Crippen LogP contribution in [0.5, 0.6) is 0 Å². The second-order valence-corrected chi connectivity index (χ2v) is 23.1. The summed E-state index contributed by atoms with van der Waals surface area (Å²) in [4.78, 5) is 97.0. The first-order valence-corrected chi connectivity index (χ1v) is 32.3. The number of urea groups is 1. The van der Waals surface area contributed by atoms with E-state index >= 15 is 0 Å². The lowest BCUT2D eigenvalue weighted by Crippen LogP contribution is -2.54. The number of nitrogens with one attached hydrogen (secondary N) is 6. The van der Waals surface area contributed by atoms with E-state index in [0.717, 1.165) is 74.9 Å². The number of aromatic nitrogens is 3. The summed E-state index contributed by atoms with van der Waals surface area (Å²) in [5.41, 5.74) is 20.6. The average Bonchev–Trinajstić information content (AvgIpc) is 1.64. The number of carbonyl (C=O) groups is 7. The van der Waals surface area contributed by atoms with Crippen molar-refractivity contribution in [1.82, 2.24) is 41.3 Å². The number of carbonyl (C=O) groups excluding carboxylic acids is 7. The van der Waals surface area contributed by atoms with Crippen molar-refractivity contribution in [3.8, 4) is 11.8 Å².